The van der Waals surface area contributed by atoms with E-state index in [9.17, 15) is 0 Å². The molecule has 7 heteroatoms. The second-order valence-electron chi connectivity index (χ2n) is 5.21. The van der Waals surface area contributed by atoms with E-state index >= 15 is 0 Å². The monoisotopic (exact) mass is 409 g/mol. The summed E-state index contributed by atoms with van der Waals surface area (Å²) < 4.78 is 0. The molecule has 25 heavy (non-hydrogen) atoms. The van der Waals surface area contributed by atoms with E-state index in [2.05, 4.69) is 16.7 Å². The highest BCUT2D eigenvalue weighted by Crippen LogP contribution is 2.24. The quantitative estimate of drug-likeness (QED) is 0.481. The summed E-state index contributed by atoms with van der Waals surface area (Å²) in [5.74, 6) is 1.79. The van der Waals surface area contributed by atoms with Crippen LogP contribution in [0.2, 0.25) is 10.0 Å². The van der Waals surface area contributed by atoms with Gasteiger partial charge in [0.1, 0.15) is 0 Å². The van der Waals surface area contributed by atoms with Crippen LogP contribution in [0.1, 0.15) is 11.1 Å². The SMILES string of the molecule is N#CCc1ccc(NC(=S)NCCSCc2ccc(Cl)c(Cl)c2)cc1. The molecule has 2 N–H and O–H groups in total. The Balaban J connectivity index is 1.65. The zero-order valence-corrected chi connectivity index (χ0v) is 16.5. The zero-order valence-electron chi connectivity index (χ0n) is 13.4. The number of nitrogens with zero attached hydrogens (tertiary/aromatic N) is 1. The predicted molar refractivity (Wildman–Crippen MR) is 113 cm³/mol. The number of hydrogen-bond donors (Lipinski definition) is 2. The van der Waals surface area contributed by atoms with Crippen molar-refractivity contribution in [3.8, 4) is 6.07 Å². The van der Waals surface area contributed by atoms with Crippen molar-refractivity contribution >= 4 is 58.0 Å². The van der Waals surface area contributed by atoms with E-state index in [4.69, 9.17) is 40.7 Å². The lowest BCUT2D eigenvalue weighted by Crippen LogP contribution is -2.30. The van der Waals surface area contributed by atoms with Gasteiger partial charge in [0.25, 0.3) is 0 Å². The maximum Gasteiger partial charge on any atom is 0.170 e. The number of thiocarbonyl (C=S) groups is 1. The molecule has 0 heterocycles. The topological polar surface area (TPSA) is 47.9 Å². The highest BCUT2D eigenvalue weighted by Gasteiger charge is 2.01. The van der Waals surface area contributed by atoms with Crippen molar-refractivity contribution in [3.63, 3.8) is 0 Å². The average Bonchev–Trinajstić information content (AvgIpc) is 2.60. The summed E-state index contributed by atoms with van der Waals surface area (Å²) in [5, 5.41) is 16.7. The van der Waals surface area contributed by atoms with Crippen molar-refractivity contribution in [1.82, 2.24) is 5.32 Å². The molecule has 0 aliphatic rings. The molecular weight excluding hydrogens is 393 g/mol. The summed E-state index contributed by atoms with van der Waals surface area (Å²) in [6.07, 6.45) is 0.416. The van der Waals surface area contributed by atoms with Crippen LogP contribution in [-0.4, -0.2) is 17.4 Å². The van der Waals surface area contributed by atoms with Gasteiger partial charge in [-0.05, 0) is 47.6 Å². The molecule has 0 atom stereocenters. The van der Waals surface area contributed by atoms with Gasteiger partial charge in [-0.25, -0.2) is 0 Å². The van der Waals surface area contributed by atoms with E-state index in [0.717, 1.165) is 34.9 Å². The second-order valence-corrected chi connectivity index (χ2v) is 7.54. The van der Waals surface area contributed by atoms with E-state index in [1.807, 2.05) is 42.5 Å². The molecule has 0 unspecified atom stereocenters. The van der Waals surface area contributed by atoms with Crippen molar-refractivity contribution in [1.29, 1.82) is 5.26 Å². The first-order valence-electron chi connectivity index (χ1n) is 7.61. The van der Waals surface area contributed by atoms with Crippen LogP contribution in [0.25, 0.3) is 0 Å². The van der Waals surface area contributed by atoms with Crippen LogP contribution >= 0.6 is 47.2 Å². The van der Waals surface area contributed by atoms with Gasteiger partial charge in [-0.3, -0.25) is 0 Å². The lowest BCUT2D eigenvalue weighted by atomic mass is 10.1. The Morgan fingerprint density at radius 3 is 2.48 bits per heavy atom. The Labute approximate surface area is 167 Å². The third kappa shape index (κ3) is 7.13. The van der Waals surface area contributed by atoms with Crippen LogP contribution in [0.15, 0.2) is 42.5 Å². The number of benzene rings is 2. The van der Waals surface area contributed by atoms with Crippen LogP contribution < -0.4 is 10.6 Å². The molecule has 2 aromatic carbocycles. The summed E-state index contributed by atoms with van der Waals surface area (Å²) in [6, 6.07) is 15.5. The molecule has 0 saturated carbocycles. The molecule has 0 saturated heterocycles. The molecule has 0 aromatic heterocycles. The first-order valence-corrected chi connectivity index (χ1v) is 9.93. The first kappa shape index (κ1) is 19.9. The summed E-state index contributed by atoms with van der Waals surface area (Å²) in [5.41, 5.74) is 3.05. The van der Waals surface area contributed by atoms with Gasteiger partial charge in [0.2, 0.25) is 0 Å². The van der Waals surface area contributed by atoms with Crippen LogP contribution in [0.5, 0.6) is 0 Å². The van der Waals surface area contributed by atoms with Gasteiger partial charge in [0.05, 0.1) is 22.5 Å². The third-order valence-corrected chi connectivity index (χ3v) is 5.30. The lowest BCUT2D eigenvalue weighted by Gasteiger charge is -2.11. The highest BCUT2D eigenvalue weighted by atomic mass is 35.5. The van der Waals surface area contributed by atoms with Gasteiger partial charge in [-0.1, -0.05) is 41.4 Å². The fourth-order valence-electron chi connectivity index (χ4n) is 2.03. The molecule has 0 aliphatic heterocycles. The van der Waals surface area contributed by atoms with Gasteiger partial charge < -0.3 is 10.6 Å². The largest absolute Gasteiger partial charge is 0.362 e. The Morgan fingerprint density at radius 2 is 1.80 bits per heavy atom. The number of nitriles is 1. The van der Waals surface area contributed by atoms with Gasteiger partial charge in [0.15, 0.2) is 5.11 Å². The van der Waals surface area contributed by atoms with Gasteiger partial charge in [-0.15, -0.1) is 0 Å². The number of halogens is 2. The minimum Gasteiger partial charge on any atom is -0.362 e. The maximum absolute atomic E-state index is 8.66. The van der Waals surface area contributed by atoms with Gasteiger partial charge in [0, 0.05) is 23.7 Å². The average molecular weight is 410 g/mol. The zero-order chi connectivity index (χ0) is 18.1. The standard InChI is InChI=1S/C18H17Cl2N3S2/c19-16-6-3-14(11-17(16)20)12-25-10-9-22-18(24)23-15-4-1-13(2-5-15)7-8-21/h1-6,11H,7,9-10,12H2,(H2,22,23,24). The van der Waals surface area contributed by atoms with Gasteiger partial charge in [-0.2, -0.15) is 17.0 Å². The maximum atomic E-state index is 8.66. The smallest absolute Gasteiger partial charge is 0.170 e. The number of anilines is 1. The molecule has 0 fully saturated rings. The molecule has 2 aromatic rings. The molecule has 0 spiro atoms. The summed E-state index contributed by atoms with van der Waals surface area (Å²) in [6.45, 7) is 0.768. The Bertz CT molecular complexity index is 758. The Morgan fingerprint density at radius 1 is 1.08 bits per heavy atom. The molecule has 0 amide bonds. The fraction of sp³-hybridized carbons (Fsp3) is 0.222. The first-order chi connectivity index (χ1) is 12.1. The fourth-order valence-corrected chi connectivity index (χ4v) is 3.38. The number of thioether (sulfide) groups is 1. The lowest BCUT2D eigenvalue weighted by molar-refractivity contribution is 0.990. The van der Waals surface area contributed by atoms with Crippen LogP contribution in [0.3, 0.4) is 0 Å². The molecule has 2 rings (SSSR count). The van der Waals surface area contributed by atoms with Gasteiger partial charge >= 0.3 is 0 Å². The van der Waals surface area contributed by atoms with E-state index in [1.165, 1.54) is 0 Å². The van der Waals surface area contributed by atoms with Crippen molar-refractivity contribution < 1.29 is 0 Å². The summed E-state index contributed by atoms with van der Waals surface area (Å²) in [7, 11) is 0. The van der Waals surface area contributed by atoms with Crippen LogP contribution in [0.4, 0.5) is 5.69 Å². The number of rotatable bonds is 7. The van der Waals surface area contributed by atoms with E-state index in [0.29, 0.717) is 21.6 Å². The molecule has 3 nitrogen and oxygen atoms in total. The van der Waals surface area contributed by atoms with Crippen molar-refractivity contribution in [2.45, 2.75) is 12.2 Å². The molecule has 0 aliphatic carbocycles. The Kier molecular flexibility index (Phi) is 8.36. The normalized spacial score (nSPS) is 10.1. The van der Waals surface area contributed by atoms with Crippen LogP contribution in [-0.2, 0) is 12.2 Å². The Hall–Kier alpha value is -1.45. The molecular formula is C18H17Cl2N3S2. The minimum atomic E-state index is 0.416. The summed E-state index contributed by atoms with van der Waals surface area (Å²) >= 11 is 19.0. The number of hydrogen-bond acceptors (Lipinski definition) is 3. The minimum absolute atomic E-state index is 0.416. The van der Waals surface area contributed by atoms with E-state index in [1.54, 1.807) is 11.8 Å². The van der Waals surface area contributed by atoms with Crippen molar-refractivity contribution in [2.75, 3.05) is 17.6 Å². The molecule has 0 bridgehead atoms. The predicted octanol–water partition coefficient (Wildman–Crippen LogP) is 5.28. The van der Waals surface area contributed by atoms with E-state index < -0.39 is 0 Å². The van der Waals surface area contributed by atoms with Crippen molar-refractivity contribution in [2.24, 2.45) is 0 Å². The highest BCUT2D eigenvalue weighted by molar-refractivity contribution is 7.98. The second kappa shape index (κ2) is 10.5. The number of nitrogens with one attached hydrogen (secondary N) is 2. The molecule has 0 radical (unpaired) electrons. The van der Waals surface area contributed by atoms with E-state index in [-0.39, 0.29) is 0 Å². The summed E-state index contributed by atoms with van der Waals surface area (Å²) in [4.78, 5) is 0. The van der Waals surface area contributed by atoms with Crippen LogP contribution in [0, 0.1) is 11.3 Å². The third-order valence-electron chi connectivity index (χ3n) is 3.28. The molecule has 130 valence electrons. The van der Waals surface area contributed by atoms with Crippen molar-refractivity contribution in [3.05, 3.63) is 63.6 Å².